The lowest BCUT2D eigenvalue weighted by atomic mass is 9.85. The van der Waals surface area contributed by atoms with Crippen LogP contribution in [0.5, 0.6) is 0 Å². The van der Waals surface area contributed by atoms with E-state index in [0.717, 1.165) is 18.2 Å². The zero-order chi connectivity index (χ0) is 21.7. The summed E-state index contributed by atoms with van der Waals surface area (Å²) in [6.07, 6.45) is 1.98. The lowest BCUT2D eigenvalue weighted by Gasteiger charge is -2.43. The first-order valence-corrected chi connectivity index (χ1v) is 11.5. The van der Waals surface area contributed by atoms with E-state index in [-0.39, 0.29) is 10.5 Å². The molecule has 1 N–H and O–H groups in total. The minimum absolute atomic E-state index is 0.0399. The van der Waals surface area contributed by atoms with Crippen molar-refractivity contribution in [1.82, 2.24) is 4.31 Å². The standard InChI is InChI=1S/C21H20ClF2NO4S/c22-14-4-6-17(7-5-14)30(28,29)25-18(13-10-15(23)12-16(24)11-13)2-1-3-19(25)21(8-9-21)20(26)27/h4-7,10-12,18-19H,1-3,8-9H2,(H,26,27)/t18-,19+/m1/s1. The Kier molecular flexibility index (Phi) is 5.36. The number of hydrogen-bond donors (Lipinski definition) is 1. The fourth-order valence-electron chi connectivity index (χ4n) is 4.46. The van der Waals surface area contributed by atoms with E-state index in [1.807, 2.05) is 0 Å². The number of sulfonamides is 1. The molecular weight excluding hydrogens is 436 g/mol. The normalized spacial score (nSPS) is 23.8. The fourth-order valence-corrected chi connectivity index (χ4v) is 6.52. The van der Waals surface area contributed by atoms with Crippen molar-refractivity contribution in [3.63, 3.8) is 0 Å². The molecule has 2 aromatic carbocycles. The predicted molar refractivity (Wildman–Crippen MR) is 107 cm³/mol. The second-order valence-corrected chi connectivity index (χ2v) is 10.2. The Labute approximate surface area is 178 Å². The highest BCUT2D eigenvalue weighted by atomic mass is 35.5. The van der Waals surface area contributed by atoms with Gasteiger partial charge in [0.1, 0.15) is 11.6 Å². The molecule has 9 heteroatoms. The smallest absolute Gasteiger partial charge is 0.311 e. The molecule has 1 saturated carbocycles. The van der Waals surface area contributed by atoms with E-state index in [9.17, 15) is 27.1 Å². The molecule has 160 valence electrons. The zero-order valence-corrected chi connectivity index (χ0v) is 17.5. The number of halogens is 3. The van der Waals surface area contributed by atoms with E-state index in [1.165, 1.54) is 28.6 Å². The topological polar surface area (TPSA) is 74.7 Å². The summed E-state index contributed by atoms with van der Waals surface area (Å²) in [5.74, 6) is -2.67. The van der Waals surface area contributed by atoms with E-state index in [2.05, 4.69) is 0 Å². The van der Waals surface area contributed by atoms with Crippen LogP contribution < -0.4 is 0 Å². The van der Waals surface area contributed by atoms with Gasteiger partial charge in [0.05, 0.1) is 16.4 Å². The van der Waals surface area contributed by atoms with Gasteiger partial charge in [-0.05, 0) is 74.1 Å². The molecule has 4 rings (SSSR count). The molecule has 0 spiro atoms. The highest BCUT2D eigenvalue weighted by Gasteiger charge is 2.61. The Morgan fingerprint density at radius 3 is 2.20 bits per heavy atom. The Balaban J connectivity index is 1.87. The third-order valence-electron chi connectivity index (χ3n) is 6.08. The number of aliphatic carboxylic acids is 1. The summed E-state index contributed by atoms with van der Waals surface area (Å²) in [5.41, 5.74) is -1.000. The maximum absolute atomic E-state index is 13.9. The van der Waals surface area contributed by atoms with Gasteiger partial charge in [-0.3, -0.25) is 4.79 Å². The summed E-state index contributed by atoms with van der Waals surface area (Å²) < 4.78 is 56.4. The summed E-state index contributed by atoms with van der Waals surface area (Å²) in [6.45, 7) is 0. The molecule has 0 unspecified atom stereocenters. The minimum atomic E-state index is -4.16. The van der Waals surface area contributed by atoms with Crippen molar-refractivity contribution in [3.8, 4) is 0 Å². The van der Waals surface area contributed by atoms with Crippen LogP contribution in [0.1, 0.15) is 43.7 Å². The second-order valence-electron chi connectivity index (χ2n) is 7.92. The van der Waals surface area contributed by atoms with Crippen LogP contribution in [0.3, 0.4) is 0 Å². The third kappa shape index (κ3) is 3.61. The van der Waals surface area contributed by atoms with Gasteiger partial charge in [0.25, 0.3) is 0 Å². The lowest BCUT2D eigenvalue weighted by Crippen LogP contribution is -2.52. The number of nitrogens with zero attached hydrogens (tertiary/aromatic N) is 1. The Morgan fingerprint density at radius 1 is 1.07 bits per heavy atom. The number of carbonyl (C=O) groups is 1. The molecule has 1 aliphatic carbocycles. The predicted octanol–water partition coefficient (Wildman–Crippen LogP) is 4.77. The molecule has 2 fully saturated rings. The second kappa shape index (κ2) is 7.59. The fraction of sp³-hybridized carbons (Fsp3) is 0.381. The van der Waals surface area contributed by atoms with Crippen LogP contribution in [0.25, 0.3) is 0 Å². The van der Waals surface area contributed by atoms with Crippen LogP contribution in [0, 0.1) is 17.0 Å². The van der Waals surface area contributed by atoms with E-state index >= 15 is 0 Å². The first kappa shape index (κ1) is 21.2. The van der Waals surface area contributed by atoms with Crippen LogP contribution in [0.2, 0.25) is 5.02 Å². The number of rotatable bonds is 5. The average Bonchev–Trinajstić information content (AvgIpc) is 3.49. The monoisotopic (exact) mass is 455 g/mol. The van der Waals surface area contributed by atoms with Gasteiger partial charge < -0.3 is 5.11 Å². The Bertz CT molecular complexity index is 1070. The van der Waals surface area contributed by atoms with E-state index in [4.69, 9.17) is 11.6 Å². The van der Waals surface area contributed by atoms with Crippen molar-refractivity contribution < 1.29 is 27.1 Å². The first-order valence-electron chi connectivity index (χ1n) is 9.64. The highest BCUT2D eigenvalue weighted by Crippen LogP contribution is 2.56. The summed E-state index contributed by atoms with van der Waals surface area (Å²) in [4.78, 5) is 12.0. The van der Waals surface area contributed by atoms with Crippen LogP contribution in [0.15, 0.2) is 47.4 Å². The summed E-state index contributed by atoms with van der Waals surface area (Å²) >= 11 is 5.89. The van der Waals surface area contributed by atoms with E-state index in [0.29, 0.717) is 37.1 Å². The molecular formula is C21H20ClF2NO4S. The van der Waals surface area contributed by atoms with Crippen molar-refractivity contribution >= 4 is 27.6 Å². The van der Waals surface area contributed by atoms with Gasteiger partial charge in [-0.2, -0.15) is 4.31 Å². The van der Waals surface area contributed by atoms with Crippen LogP contribution >= 0.6 is 11.6 Å². The SMILES string of the molecule is O=C(O)C1([C@@H]2CCC[C@H](c3cc(F)cc(F)c3)N2S(=O)(=O)c2ccc(Cl)cc2)CC1. The minimum Gasteiger partial charge on any atom is -0.481 e. The van der Waals surface area contributed by atoms with Crippen molar-refractivity contribution in [2.75, 3.05) is 0 Å². The van der Waals surface area contributed by atoms with Gasteiger partial charge in [0, 0.05) is 17.1 Å². The molecule has 0 bridgehead atoms. The van der Waals surface area contributed by atoms with Crippen molar-refractivity contribution in [3.05, 3.63) is 64.7 Å². The Hall–Kier alpha value is -2.03. The van der Waals surface area contributed by atoms with E-state index in [1.54, 1.807) is 0 Å². The highest BCUT2D eigenvalue weighted by molar-refractivity contribution is 7.89. The van der Waals surface area contributed by atoms with E-state index < -0.39 is 45.1 Å². The summed E-state index contributed by atoms with van der Waals surface area (Å²) in [5, 5.41) is 10.2. The van der Waals surface area contributed by atoms with Gasteiger partial charge in [0.15, 0.2) is 0 Å². The molecule has 1 saturated heterocycles. The largest absolute Gasteiger partial charge is 0.481 e. The number of hydrogen-bond acceptors (Lipinski definition) is 3. The maximum atomic E-state index is 13.9. The van der Waals surface area contributed by atoms with Crippen molar-refractivity contribution in [1.29, 1.82) is 0 Å². The maximum Gasteiger partial charge on any atom is 0.311 e. The van der Waals surface area contributed by atoms with Crippen LogP contribution in [-0.4, -0.2) is 29.8 Å². The van der Waals surface area contributed by atoms with Crippen molar-refractivity contribution in [2.24, 2.45) is 5.41 Å². The van der Waals surface area contributed by atoms with Gasteiger partial charge in [-0.1, -0.05) is 11.6 Å². The lowest BCUT2D eigenvalue weighted by molar-refractivity contribution is -0.146. The number of carboxylic acids is 1. The molecule has 2 aliphatic rings. The average molecular weight is 456 g/mol. The summed E-state index contributed by atoms with van der Waals surface area (Å²) in [6, 6.07) is 6.86. The van der Waals surface area contributed by atoms with Gasteiger partial charge >= 0.3 is 5.97 Å². The number of piperidine rings is 1. The van der Waals surface area contributed by atoms with Gasteiger partial charge in [-0.25, -0.2) is 17.2 Å². The first-order chi connectivity index (χ1) is 14.1. The summed E-state index contributed by atoms with van der Waals surface area (Å²) in [7, 11) is -4.16. The molecule has 1 aliphatic heterocycles. The van der Waals surface area contributed by atoms with Gasteiger partial charge in [0.2, 0.25) is 10.0 Å². The Morgan fingerprint density at radius 2 is 1.67 bits per heavy atom. The quantitative estimate of drug-likeness (QED) is 0.704. The zero-order valence-electron chi connectivity index (χ0n) is 15.9. The molecule has 0 radical (unpaired) electrons. The number of carboxylic acid groups (broad SMARTS) is 1. The molecule has 1 heterocycles. The number of benzene rings is 2. The third-order valence-corrected chi connectivity index (χ3v) is 8.26. The van der Waals surface area contributed by atoms with Crippen LogP contribution in [-0.2, 0) is 14.8 Å². The molecule has 2 aromatic rings. The molecule has 2 atom stereocenters. The van der Waals surface area contributed by atoms with Crippen LogP contribution in [0.4, 0.5) is 8.78 Å². The van der Waals surface area contributed by atoms with Gasteiger partial charge in [-0.15, -0.1) is 0 Å². The molecule has 30 heavy (non-hydrogen) atoms. The molecule has 5 nitrogen and oxygen atoms in total. The molecule has 0 amide bonds. The van der Waals surface area contributed by atoms with Crippen molar-refractivity contribution in [2.45, 2.75) is 49.1 Å². The molecule has 0 aromatic heterocycles.